The van der Waals surface area contributed by atoms with Crippen molar-refractivity contribution in [3.63, 3.8) is 0 Å². The summed E-state index contributed by atoms with van der Waals surface area (Å²) < 4.78 is 29.6. The summed E-state index contributed by atoms with van der Waals surface area (Å²) in [6.45, 7) is -1.27. The largest absolute Gasteiger partial charge is 0.433 e. The first-order valence-corrected chi connectivity index (χ1v) is 8.03. The Morgan fingerprint density at radius 3 is 2.73 bits per heavy atom. The number of ether oxygens (including phenoxy) is 1. The molecule has 6 nitrogen and oxygen atoms in total. The lowest BCUT2D eigenvalue weighted by Gasteiger charge is -2.22. The molecule has 1 aromatic rings. The van der Waals surface area contributed by atoms with Gasteiger partial charge in [-0.2, -0.15) is 8.78 Å². The van der Waals surface area contributed by atoms with E-state index in [1.54, 1.807) is 18.2 Å². The monoisotopic (exact) mass is 413 g/mol. The standard InChI is InChI=1S/C16H21F2N3O3.2ClH/c17-16(18)24-14-4-2-1-3-13(14)21-6-5-10(9-21)20-15(23)12-7-11(22)8-19-12;;/h1-4,10-12,16,19,22H,5-9H2,(H,20,23);2*1H. The Morgan fingerprint density at radius 1 is 1.35 bits per heavy atom. The highest BCUT2D eigenvalue weighted by Crippen LogP contribution is 2.31. The van der Waals surface area contributed by atoms with Gasteiger partial charge in [-0.1, -0.05) is 12.1 Å². The van der Waals surface area contributed by atoms with Crippen LogP contribution in [0.25, 0.3) is 0 Å². The molecule has 0 saturated carbocycles. The van der Waals surface area contributed by atoms with E-state index in [1.807, 2.05) is 4.90 Å². The van der Waals surface area contributed by atoms with Crippen LogP contribution in [0.1, 0.15) is 12.8 Å². The molecule has 2 saturated heterocycles. The van der Waals surface area contributed by atoms with E-state index in [1.165, 1.54) is 6.07 Å². The molecule has 3 atom stereocenters. The van der Waals surface area contributed by atoms with E-state index in [4.69, 9.17) is 0 Å². The molecule has 1 aromatic carbocycles. The van der Waals surface area contributed by atoms with E-state index >= 15 is 0 Å². The molecule has 0 aromatic heterocycles. The molecule has 2 heterocycles. The molecule has 2 aliphatic heterocycles. The predicted molar refractivity (Wildman–Crippen MR) is 98.7 cm³/mol. The summed E-state index contributed by atoms with van der Waals surface area (Å²) >= 11 is 0. The van der Waals surface area contributed by atoms with Gasteiger partial charge in [0.25, 0.3) is 0 Å². The Bertz CT molecular complexity index is 598. The highest BCUT2D eigenvalue weighted by atomic mass is 35.5. The molecule has 3 N–H and O–H groups in total. The Kier molecular flexibility index (Phi) is 8.82. The zero-order valence-corrected chi connectivity index (χ0v) is 15.6. The molecule has 3 rings (SSSR count). The second-order valence-corrected chi connectivity index (χ2v) is 6.14. The Morgan fingerprint density at radius 2 is 2.08 bits per heavy atom. The Balaban J connectivity index is 0.00000169. The number of amides is 1. The van der Waals surface area contributed by atoms with Gasteiger partial charge in [-0.25, -0.2) is 0 Å². The van der Waals surface area contributed by atoms with Gasteiger partial charge in [-0.15, -0.1) is 24.8 Å². The van der Waals surface area contributed by atoms with Gasteiger partial charge in [-0.05, 0) is 25.0 Å². The summed E-state index contributed by atoms with van der Waals surface area (Å²) in [6.07, 6.45) is 0.649. The van der Waals surface area contributed by atoms with Crippen molar-refractivity contribution in [1.82, 2.24) is 10.6 Å². The molecule has 148 valence electrons. The molecule has 2 fully saturated rings. The molecule has 2 aliphatic rings. The molecule has 1 amide bonds. The van der Waals surface area contributed by atoms with Gasteiger partial charge in [0.1, 0.15) is 5.75 Å². The van der Waals surface area contributed by atoms with Crippen molar-refractivity contribution in [2.45, 2.75) is 37.6 Å². The third kappa shape index (κ3) is 5.57. The van der Waals surface area contributed by atoms with Crippen LogP contribution in [0.15, 0.2) is 24.3 Å². The molecule has 0 aliphatic carbocycles. The Hall–Kier alpha value is -1.35. The first kappa shape index (κ1) is 22.7. The fourth-order valence-electron chi connectivity index (χ4n) is 3.23. The number of aliphatic hydroxyl groups is 1. The molecular weight excluding hydrogens is 391 g/mol. The number of carbonyl (C=O) groups excluding carboxylic acids is 1. The van der Waals surface area contributed by atoms with Crippen LogP contribution in [0.5, 0.6) is 5.75 Å². The molecule has 0 bridgehead atoms. The highest BCUT2D eigenvalue weighted by molar-refractivity contribution is 5.85. The molecule has 3 unspecified atom stereocenters. The Labute approximate surface area is 163 Å². The number of anilines is 1. The summed E-state index contributed by atoms with van der Waals surface area (Å²) in [4.78, 5) is 14.1. The van der Waals surface area contributed by atoms with E-state index in [9.17, 15) is 18.7 Å². The molecule has 0 radical (unpaired) electrons. The first-order valence-electron chi connectivity index (χ1n) is 8.03. The fourth-order valence-corrected chi connectivity index (χ4v) is 3.23. The highest BCUT2D eigenvalue weighted by Gasteiger charge is 2.32. The van der Waals surface area contributed by atoms with Gasteiger partial charge < -0.3 is 25.4 Å². The van der Waals surface area contributed by atoms with Crippen molar-refractivity contribution in [3.8, 4) is 5.75 Å². The van der Waals surface area contributed by atoms with Gasteiger partial charge in [-0.3, -0.25) is 4.79 Å². The molecule has 26 heavy (non-hydrogen) atoms. The van der Waals surface area contributed by atoms with Gasteiger partial charge in [0.2, 0.25) is 5.91 Å². The number of nitrogens with one attached hydrogen (secondary N) is 2. The van der Waals surface area contributed by atoms with Crippen LogP contribution in [0, 0.1) is 0 Å². The second kappa shape index (κ2) is 10.1. The third-order valence-corrected chi connectivity index (χ3v) is 4.38. The second-order valence-electron chi connectivity index (χ2n) is 6.14. The lowest BCUT2D eigenvalue weighted by atomic mass is 10.1. The predicted octanol–water partition coefficient (Wildman–Crippen LogP) is 1.55. The lowest BCUT2D eigenvalue weighted by Crippen LogP contribution is -2.46. The third-order valence-electron chi connectivity index (χ3n) is 4.38. The fraction of sp³-hybridized carbons (Fsp3) is 0.562. The van der Waals surface area contributed by atoms with Crippen LogP contribution in [-0.2, 0) is 4.79 Å². The number of alkyl halides is 2. The summed E-state index contributed by atoms with van der Waals surface area (Å²) in [5.74, 6) is 0.00979. The minimum absolute atomic E-state index is 0. The molecule has 0 spiro atoms. The van der Waals surface area contributed by atoms with Gasteiger partial charge in [0.15, 0.2) is 0 Å². The normalized spacial score (nSPS) is 24.8. The van der Waals surface area contributed by atoms with Crippen LogP contribution >= 0.6 is 24.8 Å². The average molecular weight is 414 g/mol. The van der Waals surface area contributed by atoms with E-state index in [-0.39, 0.29) is 48.6 Å². The number of aliphatic hydroxyl groups excluding tert-OH is 1. The number of hydrogen-bond donors (Lipinski definition) is 3. The maximum atomic E-state index is 12.5. The van der Waals surface area contributed by atoms with Crippen molar-refractivity contribution >= 4 is 36.4 Å². The summed E-state index contributed by atoms with van der Waals surface area (Å²) in [6, 6.07) is 6.23. The number of para-hydroxylation sites is 2. The topological polar surface area (TPSA) is 73.8 Å². The van der Waals surface area contributed by atoms with Crippen molar-refractivity contribution in [3.05, 3.63) is 24.3 Å². The van der Waals surface area contributed by atoms with E-state index in [0.29, 0.717) is 31.7 Å². The van der Waals surface area contributed by atoms with Crippen molar-refractivity contribution < 1.29 is 23.4 Å². The SMILES string of the molecule is Cl.Cl.O=C(NC1CCN(c2ccccc2OC(F)F)C1)C1CC(O)CN1. The minimum Gasteiger partial charge on any atom is -0.433 e. The number of carbonyl (C=O) groups is 1. The lowest BCUT2D eigenvalue weighted by molar-refractivity contribution is -0.123. The van der Waals surface area contributed by atoms with Crippen LogP contribution in [-0.4, -0.2) is 55.4 Å². The quantitative estimate of drug-likeness (QED) is 0.682. The summed E-state index contributed by atoms with van der Waals surface area (Å²) in [7, 11) is 0. The minimum atomic E-state index is -2.87. The van der Waals surface area contributed by atoms with Crippen molar-refractivity contribution in [1.29, 1.82) is 0 Å². The molecular formula is C16H23Cl2F2N3O3. The number of β-amino-alcohol motifs (C(OH)–C–C–N with tert-alkyl or cyclic N) is 1. The number of halogens is 4. The van der Waals surface area contributed by atoms with E-state index in [0.717, 1.165) is 6.42 Å². The smallest absolute Gasteiger partial charge is 0.387 e. The number of benzene rings is 1. The first-order chi connectivity index (χ1) is 11.5. The van der Waals surface area contributed by atoms with Crippen LogP contribution in [0.2, 0.25) is 0 Å². The molecule has 10 heteroatoms. The van der Waals surface area contributed by atoms with E-state index in [2.05, 4.69) is 15.4 Å². The van der Waals surface area contributed by atoms with Crippen LogP contribution in [0.3, 0.4) is 0 Å². The van der Waals surface area contributed by atoms with Gasteiger partial charge in [0.05, 0.1) is 17.8 Å². The summed E-state index contributed by atoms with van der Waals surface area (Å²) in [5.41, 5.74) is 0.601. The van der Waals surface area contributed by atoms with Gasteiger partial charge >= 0.3 is 6.61 Å². The van der Waals surface area contributed by atoms with Crippen molar-refractivity contribution in [2.24, 2.45) is 0 Å². The van der Waals surface area contributed by atoms with Crippen LogP contribution in [0.4, 0.5) is 14.5 Å². The zero-order chi connectivity index (χ0) is 17.1. The zero-order valence-electron chi connectivity index (χ0n) is 13.9. The maximum Gasteiger partial charge on any atom is 0.387 e. The maximum absolute atomic E-state index is 12.5. The summed E-state index contributed by atoms with van der Waals surface area (Å²) in [5, 5.41) is 15.4. The average Bonchev–Trinajstić information content (AvgIpc) is 3.16. The number of rotatable bonds is 5. The van der Waals surface area contributed by atoms with Crippen LogP contribution < -0.4 is 20.3 Å². The van der Waals surface area contributed by atoms with E-state index < -0.39 is 12.7 Å². The number of hydrogen-bond acceptors (Lipinski definition) is 5. The number of nitrogens with zero attached hydrogens (tertiary/aromatic N) is 1. The van der Waals surface area contributed by atoms with Gasteiger partial charge in [0, 0.05) is 25.7 Å². The van der Waals surface area contributed by atoms with Crippen molar-refractivity contribution in [2.75, 3.05) is 24.5 Å².